The molecule has 0 aromatic carbocycles. The highest BCUT2D eigenvalue weighted by atomic mass is 35.5. The molecular formula is C11H16ClNO2S. The van der Waals surface area contributed by atoms with E-state index in [0.717, 1.165) is 16.1 Å². The predicted octanol–water partition coefficient (Wildman–Crippen LogP) is 2.58. The Morgan fingerprint density at radius 1 is 1.56 bits per heavy atom. The Balaban J connectivity index is 2.96. The molecule has 0 fully saturated rings. The van der Waals surface area contributed by atoms with Crippen LogP contribution in [0, 0.1) is 13.8 Å². The number of methoxy groups -OCH3 is 1. The Hall–Kier alpha value is -0.580. The largest absolute Gasteiger partial charge is 0.383 e. The van der Waals surface area contributed by atoms with Crippen molar-refractivity contribution in [1.29, 1.82) is 0 Å². The van der Waals surface area contributed by atoms with E-state index >= 15 is 0 Å². The average Bonchev–Trinajstić information content (AvgIpc) is 2.60. The van der Waals surface area contributed by atoms with Crippen molar-refractivity contribution in [2.45, 2.75) is 13.8 Å². The van der Waals surface area contributed by atoms with Gasteiger partial charge in [0.1, 0.15) is 5.88 Å². The zero-order valence-electron chi connectivity index (χ0n) is 9.75. The van der Waals surface area contributed by atoms with Gasteiger partial charge in [-0.25, -0.2) is 0 Å². The number of nitrogens with zero attached hydrogens (tertiary/aromatic N) is 1. The summed E-state index contributed by atoms with van der Waals surface area (Å²) in [4.78, 5) is 14.6. The average molecular weight is 262 g/mol. The molecule has 1 aromatic rings. The Labute approximate surface area is 105 Å². The normalized spacial score (nSPS) is 10.5. The lowest BCUT2D eigenvalue weighted by Crippen LogP contribution is -2.35. The minimum absolute atomic E-state index is 0.00155. The van der Waals surface area contributed by atoms with Gasteiger partial charge in [0, 0.05) is 18.5 Å². The molecule has 0 aliphatic carbocycles. The highest BCUT2D eigenvalue weighted by Gasteiger charge is 2.19. The highest BCUT2D eigenvalue weighted by molar-refractivity contribution is 7.10. The Morgan fingerprint density at radius 3 is 2.69 bits per heavy atom. The van der Waals surface area contributed by atoms with Crippen molar-refractivity contribution in [3.63, 3.8) is 0 Å². The van der Waals surface area contributed by atoms with Crippen molar-refractivity contribution in [1.82, 2.24) is 0 Å². The van der Waals surface area contributed by atoms with Crippen molar-refractivity contribution in [3.05, 3.63) is 15.8 Å². The molecule has 0 unspecified atom stereocenters. The molecule has 90 valence electrons. The molecule has 0 N–H and O–H groups in total. The molecule has 0 radical (unpaired) electrons. The quantitative estimate of drug-likeness (QED) is 0.763. The van der Waals surface area contributed by atoms with Crippen molar-refractivity contribution >= 4 is 34.5 Å². The first-order valence-electron chi connectivity index (χ1n) is 5.01. The summed E-state index contributed by atoms with van der Waals surface area (Å²) in [6.45, 7) is 5.06. The number of carbonyl (C=O) groups excluding carboxylic acids is 1. The Kier molecular flexibility index (Phi) is 5.25. The van der Waals surface area contributed by atoms with E-state index in [1.807, 2.05) is 19.2 Å². The SMILES string of the molecule is COCCN(C(=O)CCl)c1c(C)csc1C. The molecule has 1 heterocycles. The van der Waals surface area contributed by atoms with Crippen LogP contribution < -0.4 is 4.90 Å². The van der Waals surface area contributed by atoms with Crippen LogP contribution in [-0.4, -0.2) is 32.0 Å². The van der Waals surface area contributed by atoms with Crippen LogP contribution in [0.15, 0.2) is 5.38 Å². The topological polar surface area (TPSA) is 29.5 Å². The lowest BCUT2D eigenvalue weighted by atomic mass is 10.2. The van der Waals surface area contributed by atoms with Crippen LogP contribution in [0.25, 0.3) is 0 Å². The van der Waals surface area contributed by atoms with Gasteiger partial charge in [-0.3, -0.25) is 4.79 Å². The summed E-state index contributed by atoms with van der Waals surface area (Å²) in [7, 11) is 1.62. The van der Waals surface area contributed by atoms with Gasteiger partial charge >= 0.3 is 0 Å². The van der Waals surface area contributed by atoms with Crippen LogP contribution in [0.4, 0.5) is 5.69 Å². The molecule has 0 aliphatic rings. The van der Waals surface area contributed by atoms with E-state index in [0.29, 0.717) is 13.2 Å². The molecule has 0 bridgehead atoms. The minimum atomic E-state index is -0.0803. The number of amides is 1. The van der Waals surface area contributed by atoms with Gasteiger partial charge < -0.3 is 9.64 Å². The van der Waals surface area contributed by atoms with Crippen LogP contribution in [0.3, 0.4) is 0 Å². The number of thiophene rings is 1. The Morgan fingerprint density at radius 2 is 2.25 bits per heavy atom. The second-order valence-electron chi connectivity index (χ2n) is 3.50. The van der Waals surface area contributed by atoms with Gasteiger partial charge in [-0.05, 0) is 24.8 Å². The van der Waals surface area contributed by atoms with Gasteiger partial charge in [0.25, 0.3) is 0 Å². The summed E-state index contributed by atoms with van der Waals surface area (Å²) >= 11 is 7.26. The lowest BCUT2D eigenvalue weighted by molar-refractivity contribution is -0.116. The number of aryl methyl sites for hydroxylation is 2. The van der Waals surface area contributed by atoms with Gasteiger partial charge in [-0.2, -0.15) is 0 Å². The van der Waals surface area contributed by atoms with E-state index in [9.17, 15) is 4.79 Å². The molecule has 0 saturated heterocycles. The number of hydrogen-bond donors (Lipinski definition) is 0. The van der Waals surface area contributed by atoms with Gasteiger partial charge in [0.15, 0.2) is 0 Å². The monoisotopic (exact) mass is 261 g/mol. The summed E-state index contributed by atoms with van der Waals surface area (Å²) in [6, 6.07) is 0. The van der Waals surface area contributed by atoms with Crippen LogP contribution in [0.5, 0.6) is 0 Å². The second-order valence-corrected chi connectivity index (χ2v) is 4.85. The zero-order valence-corrected chi connectivity index (χ0v) is 11.3. The molecule has 16 heavy (non-hydrogen) atoms. The van der Waals surface area contributed by atoms with Gasteiger partial charge in [0.05, 0.1) is 12.3 Å². The van der Waals surface area contributed by atoms with Gasteiger partial charge in [-0.1, -0.05) is 0 Å². The summed E-state index contributed by atoms with van der Waals surface area (Å²) in [5.74, 6) is -0.0818. The van der Waals surface area contributed by atoms with Crippen LogP contribution in [-0.2, 0) is 9.53 Å². The van der Waals surface area contributed by atoms with E-state index in [2.05, 4.69) is 0 Å². The summed E-state index contributed by atoms with van der Waals surface area (Å²) in [5, 5.41) is 2.05. The number of anilines is 1. The van der Waals surface area contributed by atoms with Crippen LogP contribution in [0.1, 0.15) is 10.4 Å². The smallest absolute Gasteiger partial charge is 0.242 e. The van der Waals surface area contributed by atoms with Crippen LogP contribution in [0.2, 0.25) is 0 Å². The number of rotatable bonds is 5. The summed E-state index contributed by atoms with van der Waals surface area (Å²) in [6.07, 6.45) is 0. The first kappa shape index (κ1) is 13.5. The molecule has 0 spiro atoms. The third-order valence-corrected chi connectivity index (χ3v) is 3.57. The van der Waals surface area contributed by atoms with E-state index in [1.54, 1.807) is 23.3 Å². The molecule has 3 nitrogen and oxygen atoms in total. The molecule has 1 aromatic heterocycles. The van der Waals surface area contributed by atoms with Gasteiger partial charge in [-0.15, -0.1) is 22.9 Å². The van der Waals surface area contributed by atoms with E-state index in [1.165, 1.54) is 0 Å². The predicted molar refractivity (Wildman–Crippen MR) is 68.7 cm³/mol. The fraction of sp³-hybridized carbons (Fsp3) is 0.545. The molecule has 5 heteroatoms. The molecule has 0 atom stereocenters. The number of ether oxygens (including phenoxy) is 1. The van der Waals surface area contributed by atoms with E-state index < -0.39 is 0 Å². The van der Waals surface area contributed by atoms with E-state index in [-0.39, 0.29) is 11.8 Å². The number of alkyl halides is 1. The van der Waals surface area contributed by atoms with Crippen LogP contribution >= 0.6 is 22.9 Å². The third kappa shape index (κ3) is 2.97. The van der Waals surface area contributed by atoms with Crippen molar-refractivity contribution < 1.29 is 9.53 Å². The van der Waals surface area contributed by atoms with Crippen molar-refractivity contribution in [2.24, 2.45) is 0 Å². The summed E-state index contributed by atoms with van der Waals surface area (Å²) < 4.78 is 5.01. The maximum atomic E-state index is 11.8. The fourth-order valence-corrected chi connectivity index (χ4v) is 2.58. The highest BCUT2D eigenvalue weighted by Crippen LogP contribution is 2.30. The molecular weight excluding hydrogens is 246 g/mol. The third-order valence-electron chi connectivity index (χ3n) is 2.32. The molecule has 1 rings (SSSR count). The van der Waals surface area contributed by atoms with Crippen molar-refractivity contribution in [3.8, 4) is 0 Å². The number of hydrogen-bond acceptors (Lipinski definition) is 3. The lowest BCUT2D eigenvalue weighted by Gasteiger charge is -2.22. The fourth-order valence-electron chi connectivity index (χ4n) is 1.58. The maximum absolute atomic E-state index is 11.8. The summed E-state index contributed by atoms with van der Waals surface area (Å²) in [5.41, 5.74) is 2.09. The molecule has 0 aliphatic heterocycles. The standard InChI is InChI=1S/C11H16ClNO2S/c1-8-7-16-9(2)11(8)13(4-5-15-3)10(14)6-12/h7H,4-6H2,1-3H3. The first-order chi connectivity index (χ1) is 7.61. The molecule has 1 amide bonds. The van der Waals surface area contributed by atoms with E-state index in [4.69, 9.17) is 16.3 Å². The Bertz CT molecular complexity index is 345. The zero-order chi connectivity index (χ0) is 12.1. The minimum Gasteiger partial charge on any atom is -0.383 e. The second kappa shape index (κ2) is 6.23. The maximum Gasteiger partial charge on any atom is 0.242 e. The number of carbonyl (C=O) groups is 1. The number of halogens is 1. The first-order valence-corrected chi connectivity index (χ1v) is 6.43. The van der Waals surface area contributed by atoms with Gasteiger partial charge in [0.2, 0.25) is 5.91 Å². The van der Waals surface area contributed by atoms with Crippen molar-refractivity contribution in [2.75, 3.05) is 31.0 Å². The molecule has 0 saturated carbocycles.